The lowest BCUT2D eigenvalue weighted by Gasteiger charge is -2.22. The van der Waals surface area contributed by atoms with Crippen LogP contribution in [0, 0.1) is 19.8 Å². The Labute approximate surface area is 144 Å². The number of furan rings is 1. The quantitative estimate of drug-likeness (QED) is 0.782. The molecule has 1 aliphatic rings. The second kappa shape index (κ2) is 6.11. The van der Waals surface area contributed by atoms with Crippen molar-refractivity contribution in [2.24, 2.45) is 5.92 Å². The van der Waals surface area contributed by atoms with Crippen molar-refractivity contribution in [2.75, 3.05) is 13.2 Å². The van der Waals surface area contributed by atoms with Crippen LogP contribution in [-0.2, 0) is 9.53 Å². The van der Waals surface area contributed by atoms with E-state index in [0.29, 0.717) is 30.4 Å². The highest BCUT2D eigenvalue weighted by molar-refractivity contribution is 5.91. The van der Waals surface area contributed by atoms with E-state index in [9.17, 15) is 4.79 Å². The average Bonchev–Trinajstić information content (AvgIpc) is 3.17. The largest absolute Gasteiger partial charge is 0.443 e. The van der Waals surface area contributed by atoms with Gasteiger partial charge < -0.3 is 14.5 Å². The molecule has 25 heavy (non-hydrogen) atoms. The number of nitrogens with zero attached hydrogens (tertiary/aromatic N) is 4. The molecule has 1 saturated heterocycles. The molecule has 1 amide bonds. The molecule has 0 bridgehead atoms. The minimum absolute atomic E-state index is 0.000345. The summed E-state index contributed by atoms with van der Waals surface area (Å²) in [7, 11) is 0. The first-order valence-corrected chi connectivity index (χ1v) is 8.53. The lowest BCUT2D eigenvalue weighted by Crippen LogP contribution is -2.36. The van der Waals surface area contributed by atoms with Crippen molar-refractivity contribution in [3.05, 3.63) is 23.5 Å². The van der Waals surface area contributed by atoms with Crippen molar-refractivity contribution in [1.82, 2.24) is 24.9 Å². The number of carbonyl (C=O) groups is 1. The Morgan fingerprint density at radius 2 is 2.12 bits per heavy atom. The summed E-state index contributed by atoms with van der Waals surface area (Å²) in [6, 6.07) is -0.279. The number of carbonyl (C=O) groups excluding carboxylic acids is 1. The third-order valence-corrected chi connectivity index (χ3v) is 4.86. The van der Waals surface area contributed by atoms with Crippen LogP contribution in [0.5, 0.6) is 0 Å². The Kier molecular flexibility index (Phi) is 3.91. The van der Waals surface area contributed by atoms with Crippen LogP contribution in [0.1, 0.15) is 43.0 Å². The van der Waals surface area contributed by atoms with Crippen molar-refractivity contribution in [2.45, 2.75) is 39.7 Å². The van der Waals surface area contributed by atoms with E-state index in [0.717, 1.165) is 29.6 Å². The van der Waals surface area contributed by atoms with Gasteiger partial charge in [-0.1, -0.05) is 0 Å². The van der Waals surface area contributed by atoms with Crippen molar-refractivity contribution < 1.29 is 13.9 Å². The molecule has 0 unspecified atom stereocenters. The fraction of sp³-hybridized carbons (Fsp3) is 0.529. The van der Waals surface area contributed by atoms with Crippen LogP contribution in [-0.4, -0.2) is 38.7 Å². The molecule has 1 fully saturated rings. The maximum Gasteiger partial charge on any atom is 0.231 e. The molecular weight excluding hydrogens is 322 g/mol. The van der Waals surface area contributed by atoms with E-state index in [1.54, 1.807) is 10.8 Å². The summed E-state index contributed by atoms with van der Waals surface area (Å²) in [5.74, 6) is 1.42. The Morgan fingerprint density at radius 3 is 2.88 bits per heavy atom. The predicted octanol–water partition coefficient (Wildman–Crippen LogP) is 2.09. The Bertz CT molecular complexity index is 939. The van der Waals surface area contributed by atoms with E-state index in [-0.39, 0.29) is 17.9 Å². The van der Waals surface area contributed by atoms with Crippen LogP contribution >= 0.6 is 0 Å². The van der Waals surface area contributed by atoms with Gasteiger partial charge in [0.25, 0.3) is 0 Å². The zero-order valence-electron chi connectivity index (χ0n) is 14.6. The Hall–Kier alpha value is -2.48. The molecule has 0 spiro atoms. The van der Waals surface area contributed by atoms with Gasteiger partial charge in [-0.15, -0.1) is 5.10 Å². The summed E-state index contributed by atoms with van der Waals surface area (Å²) in [5.41, 5.74) is 2.26. The molecular formula is C17H21N5O3. The average molecular weight is 343 g/mol. The number of hydrogen-bond acceptors (Lipinski definition) is 6. The van der Waals surface area contributed by atoms with Gasteiger partial charge in [-0.05, 0) is 33.6 Å². The topological polar surface area (TPSA) is 94.6 Å². The maximum atomic E-state index is 12.4. The number of fused-ring (bicyclic) bond motifs is 3. The Morgan fingerprint density at radius 1 is 1.36 bits per heavy atom. The highest BCUT2D eigenvalue weighted by atomic mass is 16.5. The van der Waals surface area contributed by atoms with Crippen LogP contribution < -0.4 is 5.32 Å². The van der Waals surface area contributed by atoms with Gasteiger partial charge in [0.1, 0.15) is 12.1 Å². The van der Waals surface area contributed by atoms with E-state index in [4.69, 9.17) is 9.15 Å². The first-order chi connectivity index (χ1) is 12.0. The van der Waals surface area contributed by atoms with Crippen molar-refractivity contribution in [3.8, 4) is 0 Å². The van der Waals surface area contributed by atoms with Gasteiger partial charge in [0.15, 0.2) is 11.5 Å². The maximum absolute atomic E-state index is 12.4. The molecule has 0 radical (unpaired) electrons. The van der Waals surface area contributed by atoms with Gasteiger partial charge in [0.05, 0.1) is 11.4 Å². The number of aromatic nitrogens is 4. The molecule has 3 aromatic heterocycles. The highest BCUT2D eigenvalue weighted by Crippen LogP contribution is 2.26. The second-order valence-corrected chi connectivity index (χ2v) is 6.56. The van der Waals surface area contributed by atoms with E-state index in [2.05, 4.69) is 20.4 Å². The van der Waals surface area contributed by atoms with Crippen molar-refractivity contribution >= 4 is 22.7 Å². The van der Waals surface area contributed by atoms with E-state index >= 15 is 0 Å². The summed E-state index contributed by atoms with van der Waals surface area (Å²) in [5, 5.41) is 8.35. The fourth-order valence-corrected chi connectivity index (χ4v) is 3.20. The zero-order valence-corrected chi connectivity index (χ0v) is 14.6. The SMILES string of the molecule is Cc1oc2ncn3nc([C@@H](C)NC(=O)C4CCOCC4)nc3c2c1C. The summed E-state index contributed by atoms with van der Waals surface area (Å²) >= 11 is 0. The number of aryl methyl sites for hydroxylation is 2. The number of hydrogen-bond donors (Lipinski definition) is 1. The van der Waals surface area contributed by atoms with Gasteiger partial charge in [-0.3, -0.25) is 4.79 Å². The fourth-order valence-electron chi connectivity index (χ4n) is 3.20. The molecule has 1 N–H and O–H groups in total. The second-order valence-electron chi connectivity index (χ2n) is 6.56. The summed E-state index contributed by atoms with van der Waals surface area (Å²) in [6.45, 7) is 7.06. The molecule has 1 atom stereocenters. The molecule has 0 aromatic carbocycles. The lowest BCUT2D eigenvalue weighted by atomic mass is 9.99. The van der Waals surface area contributed by atoms with Crippen molar-refractivity contribution in [1.29, 1.82) is 0 Å². The molecule has 8 heteroatoms. The van der Waals surface area contributed by atoms with Crippen LogP contribution in [0.4, 0.5) is 0 Å². The first kappa shape index (κ1) is 16.0. The molecule has 1 aliphatic heterocycles. The number of rotatable bonds is 3. The predicted molar refractivity (Wildman–Crippen MR) is 90.1 cm³/mol. The molecule has 8 nitrogen and oxygen atoms in total. The van der Waals surface area contributed by atoms with Gasteiger partial charge in [0, 0.05) is 24.7 Å². The van der Waals surface area contributed by atoms with Crippen LogP contribution in [0.15, 0.2) is 10.7 Å². The lowest BCUT2D eigenvalue weighted by molar-refractivity contribution is -0.128. The summed E-state index contributed by atoms with van der Waals surface area (Å²) in [4.78, 5) is 21.3. The van der Waals surface area contributed by atoms with E-state index in [1.165, 1.54) is 0 Å². The summed E-state index contributed by atoms with van der Waals surface area (Å²) < 4.78 is 12.6. The first-order valence-electron chi connectivity index (χ1n) is 8.53. The van der Waals surface area contributed by atoms with Gasteiger partial charge in [0.2, 0.25) is 11.6 Å². The molecule has 3 aromatic rings. The normalized spacial score (nSPS) is 17.2. The van der Waals surface area contributed by atoms with Crippen LogP contribution in [0.25, 0.3) is 16.7 Å². The standard InChI is InChI=1S/C17H21N5O3/c1-9-11(3)25-17-13(9)15-20-14(21-22(15)8-18-17)10(2)19-16(23)12-4-6-24-7-5-12/h8,10,12H,4-7H2,1-3H3,(H,19,23)/t10-/m1/s1. The number of ether oxygens (including phenoxy) is 1. The third-order valence-electron chi connectivity index (χ3n) is 4.86. The molecule has 0 aliphatic carbocycles. The third kappa shape index (κ3) is 2.76. The summed E-state index contributed by atoms with van der Waals surface area (Å²) in [6.07, 6.45) is 3.11. The zero-order chi connectivity index (χ0) is 17.6. The molecule has 0 saturated carbocycles. The minimum atomic E-state index is -0.279. The Balaban J connectivity index is 1.62. The van der Waals surface area contributed by atoms with Gasteiger partial charge >= 0.3 is 0 Å². The highest BCUT2D eigenvalue weighted by Gasteiger charge is 2.25. The van der Waals surface area contributed by atoms with Crippen LogP contribution in [0.3, 0.4) is 0 Å². The smallest absolute Gasteiger partial charge is 0.231 e. The molecule has 4 heterocycles. The molecule has 132 valence electrons. The van der Waals surface area contributed by atoms with E-state index in [1.807, 2.05) is 20.8 Å². The van der Waals surface area contributed by atoms with Crippen LogP contribution in [0.2, 0.25) is 0 Å². The van der Waals surface area contributed by atoms with Gasteiger partial charge in [-0.2, -0.15) is 0 Å². The number of nitrogens with one attached hydrogen (secondary N) is 1. The van der Waals surface area contributed by atoms with Crippen molar-refractivity contribution in [3.63, 3.8) is 0 Å². The monoisotopic (exact) mass is 343 g/mol. The molecule has 4 rings (SSSR count). The minimum Gasteiger partial charge on any atom is -0.443 e. The number of amides is 1. The van der Waals surface area contributed by atoms with E-state index < -0.39 is 0 Å². The van der Waals surface area contributed by atoms with Gasteiger partial charge in [-0.25, -0.2) is 14.5 Å².